The average molecular weight is 899 g/mol. The lowest BCUT2D eigenvalue weighted by atomic mass is 10.0. The fourth-order valence-corrected chi connectivity index (χ4v) is 9.22. The molecule has 0 amide bonds. The molecule has 2 N–H and O–H groups in total. The minimum atomic E-state index is -1.65. The zero-order valence-electron chi connectivity index (χ0n) is 38.6. The van der Waals surface area contributed by atoms with Crippen LogP contribution in [-0.2, 0) is 0 Å². The Hall–Kier alpha value is -6.65. The normalized spacial score (nSPS) is 12.2. The summed E-state index contributed by atoms with van der Waals surface area (Å²) in [5, 5.41) is 3.55. The molecule has 8 bridgehead atoms. The molecule has 2 aliphatic rings. The highest BCUT2D eigenvalue weighted by molar-refractivity contribution is 6.85. The Balaban J connectivity index is 1.41. The number of fused-ring (bicyclic) bond motifs is 20. The largest absolute Gasteiger partial charge is 0.324 e. The highest BCUT2D eigenvalue weighted by Gasteiger charge is 2.24. The molecule has 9 rings (SSSR count). The van der Waals surface area contributed by atoms with E-state index in [1.807, 2.05) is 0 Å². The Kier molecular flexibility index (Phi) is 10.4. The van der Waals surface area contributed by atoms with Crippen LogP contribution in [0.5, 0.6) is 0 Å². The van der Waals surface area contributed by atoms with E-state index in [-0.39, 0.29) is 0 Å². The van der Waals surface area contributed by atoms with Crippen LogP contribution in [0.4, 0.5) is 0 Å². The maximum absolute atomic E-state index is 5.30. The van der Waals surface area contributed by atoms with E-state index in [0.29, 0.717) is 45.9 Å². The summed E-state index contributed by atoms with van der Waals surface area (Å²) < 4.78 is 0. The van der Waals surface area contributed by atoms with E-state index in [1.54, 1.807) is 0 Å². The van der Waals surface area contributed by atoms with Gasteiger partial charge in [-0.2, -0.15) is 0 Å². The Morgan fingerprint density at radius 1 is 0.312 bits per heavy atom. The lowest BCUT2D eigenvalue weighted by Crippen LogP contribution is -2.16. The van der Waals surface area contributed by atoms with Gasteiger partial charge in [0.2, 0.25) is 0 Å². The number of hydrogen-bond donors (Lipinski definition) is 2. The number of rotatable bonds is 0. The standard InChI is InChI=1S/C52H50N8Si4/c1-61(2,3)25-21-33-13-17-37-41(29-33)49-53-45(37)58-50-43-31-35(23-27-63(7,8)9)15-19-39(43)47(55-50)60-52-44-32-36(24-28-64(10,11)12)16-20-40(44)48(56-52)59-51-42-30-34(22-26-62(4,5)6)14-18-38(42)46(54-51)57-49/h13-20,29-32H,1-12H3,(H2,53,54,55,56,57,58,59,60). The van der Waals surface area contributed by atoms with Gasteiger partial charge in [0.25, 0.3) is 0 Å². The smallest absolute Gasteiger partial charge is 0.164 e. The minimum Gasteiger partial charge on any atom is -0.324 e. The predicted molar refractivity (Wildman–Crippen MR) is 277 cm³/mol. The topological polar surface area (TPSA) is 109 Å². The van der Waals surface area contributed by atoms with Crippen LogP contribution in [0.3, 0.4) is 0 Å². The van der Waals surface area contributed by atoms with Crippen LogP contribution in [0.25, 0.3) is 89.7 Å². The molecule has 64 heavy (non-hydrogen) atoms. The van der Waals surface area contributed by atoms with Gasteiger partial charge in [0.15, 0.2) is 23.3 Å². The molecular weight excluding hydrogens is 849 g/mol. The summed E-state index contributed by atoms with van der Waals surface area (Å²) in [6.07, 6.45) is 0. The van der Waals surface area contributed by atoms with Gasteiger partial charge in [0.05, 0.1) is 0 Å². The van der Waals surface area contributed by atoms with Gasteiger partial charge in [0.1, 0.15) is 54.9 Å². The number of nitrogens with one attached hydrogen (secondary N) is 2. The second kappa shape index (κ2) is 15.6. The van der Waals surface area contributed by atoms with Crippen LogP contribution in [0.1, 0.15) is 22.3 Å². The molecule has 0 saturated carbocycles. The lowest BCUT2D eigenvalue weighted by molar-refractivity contribution is 1.19. The van der Waals surface area contributed by atoms with Gasteiger partial charge in [-0.1, -0.05) is 102 Å². The van der Waals surface area contributed by atoms with Crippen LogP contribution < -0.4 is 0 Å². The molecule has 3 aromatic heterocycles. The third kappa shape index (κ3) is 9.19. The number of aromatic nitrogens is 8. The average Bonchev–Trinajstić information content (AvgIpc) is 3.94. The summed E-state index contributed by atoms with van der Waals surface area (Å²) in [6.45, 7) is 27.0. The SMILES string of the molecule is C[Si](C)(C)C#Cc1ccc2c(c1)-c1nc-2nc2[nH]c(nc3nc(nc4[nH]c(n1)c1ccc(C#C[Si](C)(C)C)cc41)-c1ccc(C#C[Si](C)(C)C)cc1-3)c1ccc(C#C[Si](C)(C)C)cc21. The van der Waals surface area contributed by atoms with Crippen molar-refractivity contribution in [1.29, 1.82) is 0 Å². The van der Waals surface area contributed by atoms with Gasteiger partial charge in [-0.25, -0.2) is 29.9 Å². The van der Waals surface area contributed by atoms with Gasteiger partial charge in [-0.05, 0) is 72.8 Å². The van der Waals surface area contributed by atoms with Gasteiger partial charge < -0.3 is 9.97 Å². The lowest BCUT2D eigenvalue weighted by Gasteiger charge is -2.04. The summed E-state index contributed by atoms with van der Waals surface area (Å²) in [6, 6.07) is 24.9. The first-order chi connectivity index (χ1) is 30.1. The first-order valence-corrected chi connectivity index (χ1v) is 35.6. The summed E-state index contributed by atoms with van der Waals surface area (Å²) >= 11 is 0. The number of hydrogen-bond acceptors (Lipinski definition) is 6. The Morgan fingerprint density at radius 3 is 0.922 bits per heavy atom. The molecule has 2 aliphatic heterocycles. The number of aromatic amines is 2. The molecule has 314 valence electrons. The van der Waals surface area contributed by atoms with Crippen LogP contribution in [0, 0.1) is 45.9 Å². The number of benzene rings is 4. The first-order valence-electron chi connectivity index (χ1n) is 21.6. The molecule has 0 radical (unpaired) electrons. The van der Waals surface area contributed by atoms with Crippen molar-refractivity contribution in [1.82, 2.24) is 39.9 Å². The Morgan fingerprint density at radius 2 is 0.594 bits per heavy atom. The van der Waals surface area contributed by atoms with E-state index in [9.17, 15) is 0 Å². The highest BCUT2D eigenvalue weighted by atomic mass is 28.3. The maximum atomic E-state index is 5.30. The third-order valence-electron chi connectivity index (χ3n) is 10.2. The van der Waals surface area contributed by atoms with E-state index in [4.69, 9.17) is 29.9 Å². The number of H-pyrrole nitrogens is 2. The van der Waals surface area contributed by atoms with Crippen molar-refractivity contribution in [3.63, 3.8) is 0 Å². The second-order valence-electron chi connectivity index (χ2n) is 20.7. The zero-order chi connectivity index (χ0) is 45.3. The van der Waals surface area contributed by atoms with Crippen LogP contribution in [0.2, 0.25) is 78.6 Å². The van der Waals surface area contributed by atoms with Crippen molar-refractivity contribution >= 4 is 76.4 Å². The minimum absolute atomic E-state index is 0.531. The molecule has 0 saturated heterocycles. The van der Waals surface area contributed by atoms with Crippen molar-refractivity contribution in [3.05, 3.63) is 95.1 Å². The Bertz CT molecular complexity index is 3340. The molecule has 0 aliphatic carbocycles. The summed E-state index contributed by atoms with van der Waals surface area (Å²) in [7, 11) is -6.59. The molecule has 4 aromatic carbocycles. The molecule has 0 atom stereocenters. The van der Waals surface area contributed by atoms with E-state index < -0.39 is 32.3 Å². The molecule has 12 heteroatoms. The van der Waals surface area contributed by atoms with Crippen LogP contribution >= 0.6 is 0 Å². The van der Waals surface area contributed by atoms with Gasteiger partial charge in [-0.15, -0.1) is 22.2 Å². The maximum Gasteiger partial charge on any atom is 0.164 e. The molecule has 5 heterocycles. The molecule has 8 nitrogen and oxygen atoms in total. The fourth-order valence-electron chi connectivity index (χ4n) is 7.14. The van der Waals surface area contributed by atoms with Crippen molar-refractivity contribution in [2.45, 2.75) is 78.6 Å². The second-order valence-corrected chi connectivity index (χ2v) is 39.7. The quantitative estimate of drug-likeness (QED) is 0.116. The van der Waals surface area contributed by atoms with E-state index in [1.165, 1.54) is 0 Å². The third-order valence-corrected chi connectivity index (χ3v) is 13.7. The van der Waals surface area contributed by atoms with Crippen molar-refractivity contribution in [3.8, 4) is 91.4 Å². The summed E-state index contributed by atoms with van der Waals surface area (Å²) in [5.74, 6) is 15.9. The van der Waals surface area contributed by atoms with Gasteiger partial charge in [0, 0.05) is 66.1 Å². The van der Waals surface area contributed by atoms with E-state index in [2.05, 4.69) is 207 Å². The molecule has 7 aromatic rings. The Labute approximate surface area is 379 Å². The monoisotopic (exact) mass is 898 g/mol. The van der Waals surface area contributed by atoms with E-state index in [0.717, 1.165) is 66.1 Å². The first kappa shape index (κ1) is 42.6. The highest BCUT2D eigenvalue weighted by Crippen LogP contribution is 2.38. The van der Waals surface area contributed by atoms with Crippen molar-refractivity contribution < 1.29 is 0 Å². The predicted octanol–water partition coefficient (Wildman–Crippen LogP) is 11.8. The van der Waals surface area contributed by atoms with Crippen LogP contribution in [-0.4, -0.2) is 72.2 Å². The van der Waals surface area contributed by atoms with Gasteiger partial charge >= 0.3 is 0 Å². The van der Waals surface area contributed by atoms with Gasteiger partial charge in [-0.3, -0.25) is 0 Å². The molecule has 0 fully saturated rings. The summed E-state index contributed by atoms with van der Waals surface area (Å²) in [4.78, 5) is 38.7. The zero-order valence-corrected chi connectivity index (χ0v) is 42.6. The molecular formula is C52H50N8Si4. The number of nitrogens with zero attached hydrogens (tertiary/aromatic N) is 6. The summed E-state index contributed by atoms with van der Waals surface area (Å²) in [5.41, 5.74) is 23.7. The van der Waals surface area contributed by atoms with Crippen molar-refractivity contribution in [2.24, 2.45) is 0 Å². The molecule has 0 unspecified atom stereocenters. The van der Waals surface area contributed by atoms with Crippen LogP contribution in [0.15, 0.2) is 72.8 Å². The molecule has 0 spiro atoms. The fraction of sp³-hybridized carbons (Fsp3) is 0.231. The van der Waals surface area contributed by atoms with Crippen molar-refractivity contribution in [2.75, 3.05) is 0 Å². The van der Waals surface area contributed by atoms with E-state index >= 15 is 0 Å².